The van der Waals surface area contributed by atoms with E-state index in [-0.39, 0.29) is 12.5 Å². The number of carbonyl (C=O) groups excluding carboxylic acids is 1. The number of amides is 1. The van der Waals surface area contributed by atoms with E-state index in [0.29, 0.717) is 41.2 Å². The summed E-state index contributed by atoms with van der Waals surface area (Å²) >= 11 is 0. The summed E-state index contributed by atoms with van der Waals surface area (Å²) in [7, 11) is 1.54. The Morgan fingerprint density at radius 3 is 2.47 bits per heavy atom. The average molecular weight is 409 g/mol. The molecule has 2 aromatic carbocycles. The first-order valence-electron chi connectivity index (χ1n) is 10.2. The topological polar surface area (TPSA) is 68.2 Å². The smallest absolute Gasteiger partial charge is 0.294 e. The molecule has 2 aliphatic rings. The van der Waals surface area contributed by atoms with Crippen molar-refractivity contribution in [2.24, 2.45) is 0 Å². The van der Waals surface area contributed by atoms with E-state index >= 15 is 0 Å². The molecule has 0 bridgehead atoms. The molecule has 30 heavy (non-hydrogen) atoms. The Balaban J connectivity index is 1.43. The largest absolute Gasteiger partial charge is 0.493 e. The van der Waals surface area contributed by atoms with Crippen LogP contribution in [0.3, 0.4) is 0 Å². The van der Waals surface area contributed by atoms with Crippen molar-refractivity contribution in [3.05, 3.63) is 59.9 Å². The molecule has 4 rings (SSSR count). The van der Waals surface area contributed by atoms with E-state index in [2.05, 4.69) is 12.1 Å². The number of methoxy groups -OCH3 is 1. The lowest BCUT2D eigenvalue weighted by atomic mass is 10.1. The third-order valence-corrected chi connectivity index (χ3v) is 5.11. The van der Waals surface area contributed by atoms with Crippen LogP contribution in [-0.2, 0) is 4.79 Å². The number of carbonyl (C=O) groups is 1. The van der Waals surface area contributed by atoms with Crippen LogP contribution in [0, 0.1) is 0 Å². The van der Waals surface area contributed by atoms with Crippen LogP contribution in [0.25, 0.3) is 0 Å². The van der Waals surface area contributed by atoms with Crippen molar-refractivity contribution in [1.82, 2.24) is 0 Å². The van der Waals surface area contributed by atoms with Gasteiger partial charge >= 0.3 is 0 Å². The first kappa shape index (κ1) is 20.3. The second-order valence-corrected chi connectivity index (χ2v) is 8.37. The molecule has 1 aliphatic carbocycles. The van der Waals surface area contributed by atoms with E-state index in [1.54, 1.807) is 50.1 Å². The lowest BCUT2D eigenvalue weighted by Crippen LogP contribution is -2.28. The minimum absolute atomic E-state index is 0.129. The summed E-state index contributed by atoms with van der Waals surface area (Å²) in [5, 5.41) is 9.86. The number of benzene rings is 2. The van der Waals surface area contributed by atoms with Crippen LogP contribution in [-0.4, -0.2) is 36.9 Å². The molecule has 0 spiro atoms. The normalized spacial score (nSPS) is 16.5. The van der Waals surface area contributed by atoms with E-state index in [0.717, 1.165) is 0 Å². The Bertz CT molecular complexity index is 955. The highest BCUT2D eigenvalue weighted by Crippen LogP contribution is 2.40. The molecule has 1 heterocycles. The number of aliphatic hydroxyl groups is 1. The maximum Gasteiger partial charge on any atom is 0.294 e. The van der Waals surface area contributed by atoms with Crippen molar-refractivity contribution in [2.75, 3.05) is 25.2 Å². The maximum atomic E-state index is 12.9. The van der Waals surface area contributed by atoms with Crippen LogP contribution in [0.15, 0.2) is 54.3 Å². The summed E-state index contributed by atoms with van der Waals surface area (Å²) in [4.78, 5) is 14.5. The number of nitrogens with zero attached hydrogens (tertiary/aromatic N) is 1. The maximum absolute atomic E-state index is 12.9. The fourth-order valence-corrected chi connectivity index (χ4v) is 3.33. The molecule has 1 fully saturated rings. The van der Waals surface area contributed by atoms with Gasteiger partial charge in [0.25, 0.3) is 5.91 Å². The zero-order valence-electron chi connectivity index (χ0n) is 17.6. The van der Waals surface area contributed by atoms with Crippen LogP contribution in [0.5, 0.6) is 17.2 Å². The molecule has 1 N–H and O–H groups in total. The predicted octanol–water partition coefficient (Wildman–Crippen LogP) is 4.03. The van der Waals surface area contributed by atoms with Gasteiger partial charge in [0, 0.05) is 18.3 Å². The van der Waals surface area contributed by atoms with Crippen LogP contribution in [0.4, 0.5) is 5.69 Å². The van der Waals surface area contributed by atoms with Gasteiger partial charge in [-0.2, -0.15) is 0 Å². The number of ether oxygens (including phenoxy) is 3. The number of rotatable bonds is 8. The van der Waals surface area contributed by atoms with Gasteiger partial charge in [0.15, 0.2) is 17.3 Å². The van der Waals surface area contributed by atoms with Gasteiger partial charge in [-0.25, -0.2) is 0 Å². The van der Waals surface area contributed by atoms with Gasteiger partial charge < -0.3 is 24.2 Å². The van der Waals surface area contributed by atoms with Crippen molar-refractivity contribution in [3.63, 3.8) is 0 Å². The first-order valence-corrected chi connectivity index (χ1v) is 10.2. The van der Waals surface area contributed by atoms with Crippen molar-refractivity contribution >= 4 is 11.6 Å². The molecule has 1 amide bonds. The second kappa shape index (κ2) is 8.03. The third-order valence-electron chi connectivity index (χ3n) is 5.11. The summed E-state index contributed by atoms with van der Waals surface area (Å²) < 4.78 is 16.9. The quantitative estimate of drug-likeness (QED) is 0.713. The zero-order valence-corrected chi connectivity index (χ0v) is 17.6. The van der Waals surface area contributed by atoms with Gasteiger partial charge in [-0.3, -0.25) is 4.79 Å². The lowest BCUT2D eigenvalue weighted by molar-refractivity contribution is -0.116. The molecule has 1 aliphatic heterocycles. The highest BCUT2D eigenvalue weighted by Gasteiger charge is 2.28. The Labute approximate surface area is 176 Å². The Morgan fingerprint density at radius 2 is 1.83 bits per heavy atom. The summed E-state index contributed by atoms with van der Waals surface area (Å²) in [5.41, 5.74) is 1.06. The highest BCUT2D eigenvalue weighted by atomic mass is 16.5. The van der Waals surface area contributed by atoms with E-state index in [1.807, 2.05) is 12.1 Å². The highest BCUT2D eigenvalue weighted by molar-refractivity contribution is 6.07. The zero-order chi connectivity index (χ0) is 21.3. The SMILES string of the molecule is COc1cc(N2CC=C(Oc3ccc(C4CC4)cc3)C2=O)ccc1OCC(C)(C)O. The van der Waals surface area contributed by atoms with Gasteiger partial charge in [0.05, 0.1) is 12.7 Å². The van der Waals surface area contributed by atoms with Gasteiger partial charge in [-0.1, -0.05) is 12.1 Å². The van der Waals surface area contributed by atoms with Gasteiger partial charge in [-0.05, 0) is 68.5 Å². The van der Waals surface area contributed by atoms with Crippen LogP contribution in [0.2, 0.25) is 0 Å². The number of hydrogen-bond acceptors (Lipinski definition) is 5. The van der Waals surface area contributed by atoms with Crippen molar-refractivity contribution in [3.8, 4) is 17.2 Å². The summed E-state index contributed by atoms with van der Waals surface area (Å²) in [6.07, 6.45) is 4.29. The Hall–Kier alpha value is -2.99. The predicted molar refractivity (Wildman–Crippen MR) is 114 cm³/mol. The molecule has 0 saturated heterocycles. The Kier molecular flexibility index (Phi) is 5.43. The molecular formula is C24H27NO5. The Morgan fingerprint density at radius 1 is 1.10 bits per heavy atom. The van der Waals surface area contributed by atoms with E-state index < -0.39 is 5.60 Å². The molecule has 1 saturated carbocycles. The van der Waals surface area contributed by atoms with E-state index in [1.165, 1.54) is 18.4 Å². The molecular weight excluding hydrogens is 382 g/mol. The molecule has 0 radical (unpaired) electrons. The first-order chi connectivity index (χ1) is 14.3. The molecule has 6 heteroatoms. The monoisotopic (exact) mass is 409 g/mol. The summed E-state index contributed by atoms with van der Waals surface area (Å²) in [6, 6.07) is 13.3. The van der Waals surface area contributed by atoms with Crippen LogP contribution < -0.4 is 19.1 Å². The minimum Gasteiger partial charge on any atom is -0.493 e. The van der Waals surface area contributed by atoms with E-state index in [4.69, 9.17) is 14.2 Å². The summed E-state index contributed by atoms with van der Waals surface area (Å²) in [5.74, 6) is 2.47. The van der Waals surface area contributed by atoms with Crippen molar-refractivity contribution in [2.45, 2.75) is 38.2 Å². The average Bonchev–Trinajstić information content (AvgIpc) is 3.51. The molecule has 0 unspecified atom stereocenters. The van der Waals surface area contributed by atoms with Crippen molar-refractivity contribution < 1.29 is 24.1 Å². The molecule has 6 nitrogen and oxygen atoms in total. The number of hydrogen-bond donors (Lipinski definition) is 1. The standard InChI is InChI=1S/C24H27NO5/c1-24(2,27)15-29-20-11-8-18(14-22(20)28-3)25-13-12-21(23(25)26)30-19-9-6-17(7-10-19)16-4-5-16/h6-12,14,16,27H,4-5,13,15H2,1-3H3. The van der Waals surface area contributed by atoms with Gasteiger partial charge in [0.2, 0.25) is 0 Å². The molecule has 0 aromatic heterocycles. The third kappa shape index (κ3) is 4.60. The molecule has 2 aromatic rings. The molecule has 0 atom stereocenters. The number of anilines is 1. The lowest BCUT2D eigenvalue weighted by Gasteiger charge is -2.21. The fraction of sp³-hybridized carbons (Fsp3) is 0.375. The molecule has 158 valence electrons. The van der Waals surface area contributed by atoms with Gasteiger partial charge in [0.1, 0.15) is 12.4 Å². The van der Waals surface area contributed by atoms with Crippen LogP contribution in [0.1, 0.15) is 38.2 Å². The van der Waals surface area contributed by atoms with Gasteiger partial charge in [-0.15, -0.1) is 0 Å². The van der Waals surface area contributed by atoms with E-state index in [9.17, 15) is 9.90 Å². The fourth-order valence-electron chi connectivity index (χ4n) is 3.33. The van der Waals surface area contributed by atoms with Crippen LogP contribution >= 0.6 is 0 Å². The van der Waals surface area contributed by atoms with Crippen molar-refractivity contribution in [1.29, 1.82) is 0 Å². The second-order valence-electron chi connectivity index (χ2n) is 8.37. The minimum atomic E-state index is -0.957. The summed E-state index contributed by atoms with van der Waals surface area (Å²) in [6.45, 7) is 3.89.